The highest BCUT2D eigenvalue weighted by Crippen LogP contribution is 2.12. The summed E-state index contributed by atoms with van der Waals surface area (Å²) >= 11 is 0. The normalized spacial score (nSPS) is 10.2. The lowest BCUT2D eigenvalue weighted by atomic mass is 10.2. The van der Waals surface area contributed by atoms with Crippen LogP contribution in [-0.4, -0.2) is 9.38 Å². The number of anilines is 1. The van der Waals surface area contributed by atoms with Gasteiger partial charge in [0.25, 0.3) is 0 Å². The van der Waals surface area contributed by atoms with Crippen molar-refractivity contribution in [3.8, 4) is 6.07 Å². The van der Waals surface area contributed by atoms with Gasteiger partial charge in [0.15, 0.2) is 0 Å². The van der Waals surface area contributed by atoms with Crippen molar-refractivity contribution in [2.75, 3.05) is 5.73 Å². The van der Waals surface area contributed by atoms with Crippen LogP contribution in [0.5, 0.6) is 0 Å². The van der Waals surface area contributed by atoms with Crippen LogP contribution in [0.25, 0.3) is 5.65 Å². The van der Waals surface area contributed by atoms with E-state index >= 15 is 0 Å². The topological polar surface area (TPSA) is 67.1 Å². The Balaban J connectivity index is 2.82. The quantitative estimate of drug-likeness (QED) is 0.647. The van der Waals surface area contributed by atoms with Crippen molar-refractivity contribution in [3.63, 3.8) is 0 Å². The molecule has 2 heterocycles. The summed E-state index contributed by atoms with van der Waals surface area (Å²) in [5.74, 6) is 0.467. The molecule has 0 bridgehead atoms. The first-order valence-corrected chi connectivity index (χ1v) is 3.85. The molecule has 0 fully saturated rings. The maximum absolute atomic E-state index is 8.77. The third kappa shape index (κ3) is 1.11. The van der Waals surface area contributed by atoms with E-state index in [9.17, 15) is 0 Å². The van der Waals surface area contributed by atoms with E-state index in [0.29, 0.717) is 11.4 Å². The average molecular weight is 172 g/mol. The van der Waals surface area contributed by atoms with Crippen LogP contribution >= 0.6 is 0 Å². The summed E-state index contributed by atoms with van der Waals surface area (Å²) in [6.45, 7) is 1.88. The molecule has 0 aromatic carbocycles. The molecule has 0 aliphatic heterocycles. The van der Waals surface area contributed by atoms with Gasteiger partial charge in [0.1, 0.15) is 17.5 Å². The van der Waals surface area contributed by atoms with Crippen molar-refractivity contribution >= 4 is 11.5 Å². The number of fused-ring (bicyclic) bond motifs is 1. The van der Waals surface area contributed by atoms with E-state index in [-0.39, 0.29) is 0 Å². The van der Waals surface area contributed by atoms with Gasteiger partial charge < -0.3 is 10.1 Å². The van der Waals surface area contributed by atoms with Gasteiger partial charge >= 0.3 is 0 Å². The second kappa shape index (κ2) is 2.49. The van der Waals surface area contributed by atoms with Gasteiger partial charge in [0.05, 0.1) is 11.8 Å². The Morgan fingerprint density at radius 2 is 2.31 bits per heavy atom. The molecule has 0 atom stereocenters. The molecule has 0 aliphatic carbocycles. The lowest BCUT2D eigenvalue weighted by molar-refractivity contribution is 1.15. The summed E-state index contributed by atoms with van der Waals surface area (Å²) in [5.41, 5.74) is 7.85. The number of hydrogen-bond acceptors (Lipinski definition) is 3. The maximum Gasteiger partial charge on any atom is 0.142 e. The van der Waals surface area contributed by atoms with E-state index in [0.717, 1.165) is 11.2 Å². The monoisotopic (exact) mass is 172 g/mol. The molecule has 0 unspecified atom stereocenters. The van der Waals surface area contributed by atoms with Crippen molar-refractivity contribution < 1.29 is 0 Å². The van der Waals surface area contributed by atoms with Crippen molar-refractivity contribution in [2.24, 2.45) is 0 Å². The van der Waals surface area contributed by atoms with Crippen LogP contribution in [0, 0.1) is 18.3 Å². The van der Waals surface area contributed by atoms with Crippen LogP contribution in [0.2, 0.25) is 0 Å². The average Bonchev–Trinajstić information content (AvgIpc) is 2.42. The second-order valence-electron chi connectivity index (χ2n) is 2.91. The molecule has 2 aromatic heterocycles. The minimum absolute atomic E-state index is 0.467. The number of nitriles is 1. The smallest absolute Gasteiger partial charge is 0.142 e. The van der Waals surface area contributed by atoms with Crippen LogP contribution in [0.15, 0.2) is 18.5 Å². The fourth-order valence-corrected chi connectivity index (χ4v) is 1.27. The zero-order valence-electron chi connectivity index (χ0n) is 7.15. The molecule has 0 saturated heterocycles. The van der Waals surface area contributed by atoms with Crippen LogP contribution in [-0.2, 0) is 0 Å². The number of nitrogen functional groups attached to an aromatic ring is 1. The number of nitrogens with two attached hydrogens (primary N) is 1. The SMILES string of the molecule is Cc1cc2nc(N)cn2cc1C#N. The largest absolute Gasteiger partial charge is 0.382 e. The molecule has 0 spiro atoms. The zero-order valence-corrected chi connectivity index (χ0v) is 7.15. The number of rotatable bonds is 0. The van der Waals surface area contributed by atoms with Gasteiger partial charge in [-0.25, -0.2) is 4.98 Å². The highest BCUT2D eigenvalue weighted by Gasteiger charge is 2.02. The van der Waals surface area contributed by atoms with E-state index in [2.05, 4.69) is 11.1 Å². The maximum atomic E-state index is 8.77. The summed E-state index contributed by atoms with van der Waals surface area (Å²) < 4.78 is 1.75. The summed E-state index contributed by atoms with van der Waals surface area (Å²) in [4.78, 5) is 4.08. The lowest BCUT2D eigenvalue weighted by Gasteiger charge is -1.97. The van der Waals surface area contributed by atoms with Gasteiger partial charge in [-0.2, -0.15) is 5.26 Å². The molecule has 2 N–H and O–H groups in total. The van der Waals surface area contributed by atoms with Crippen molar-refractivity contribution in [1.29, 1.82) is 5.26 Å². The Bertz CT molecular complexity index is 504. The van der Waals surface area contributed by atoms with Gasteiger partial charge in [0.2, 0.25) is 0 Å². The molecular weight excluding hydrogens is 164 g/mol. The Labute approximate surface area is 75.2 Å². The third-order valence-electron chi connectivity index (χ3n) is 1.94. The van der Waals surface area contributed by atoms with Crippen LogP contribution in [0.4, 0.5) is 5.82 Å². The molecule has 2 rings (SSSR count). The first-order chi connectivity index (χ1) is 6.20. The molecule has 4 heteroatoms. The molecule has 2 aromatic rings. The third-order valence-corrected chi connectivity index (χ3v) is 1.94. The van der Waals surface area contributed by atoms with Gasteiger partial charge in [-0.05, 0) is 18.6 Å². The molecule has 4 nitrogen and oxygen atoms in total. The summed E-state index contributed by atoms with van der Waals surface area (Å²) in [5, 5.41) is 8.77. The van der Waals surface area contributed by atoms with E-state index in [1.165, 1.54) is 0 Å². The number of nitrogens with zero attached hydrogens (tertiary/aromatic N) is 3. The van der Waals surface area contributed by atoms with E-state index in [1.54, 1.807) is 16.8 Å². The highest BCUT2D eigenvalue weighted by molar-refractivity contribution is 5.52. The second-order valence-corrected chi connectivity index (χ2v) is 2.91. The number of aryl methyl sites for hydroxylation is 1. The van der Waals surface area contributed by atoms with Crippen LogP contribution < -0.4 is 5.73 Å². The molecule has 0 amide bonds. The standard InChI is InChI=1S/C9H8N4/c1-6-2-9-12-8(11)5-13(9)4-7(6)3-10/h2,4-5H,11H2,1H3. The molecule has 0 aliphatic rings. The molecule has 64 valence electrons. The fourth-order valence-electron chi connectivity index (χ4n) is 1.27. The molecule has 0 saturated carbocycles. The van der Waals surface area contributed by atoms with Gasteiger partial charge in [0, 0.05) is 6.20 Å². The summed E-state index contributed by atoms with van der Waals surface area (Å²) in [6.07, 6.45) is 3.42. The van der Waals surface area contributed by atoms with E-state index in [4.69, 9.17) is 11.0 Å². The number of imidazole rings is 1. The highest BCUT2D eigenvalue weighted by atomic mass is 15.0. The summed E-state index contributed by atoms with van der Waals surface area (Å²) in [7, 11) is 0. The first kappa shape index (κ1) is 7.62. The van der Waals surface area contributed by atoms with Crippen LogP contribution in [0.3, 0.4) is 0 Å². The van der Waals surface area contributed by atoms with Gasteiger partial charge in [-0.1, -0.05) is 0 Å². The Morgan fingerprint density at radius 1 is 1.54 bits per heavy atom. The summed E-state index contributed by atoms with van der Waals surface area (Å²) in [6, 6.07) is 3.95. The predicted molar refractivity (Wildman–Crippen MR) is 49.1 cm³/mol. The van der Waals surface area contributed by atoms with E-state index < -0.39 is 0 Å². The number of hydrogen-bond donors (Lipinski definition) is 1. The lowest BCUT2D eigenvalue weighted by Crippen LogP contribution is -1.89. The molecule has 13 heavy (non-hydrogen) atoms. The van der Waals surface area contributed by atoms with Crippen LogP contribution in [0.1, 0.15) is 11.1 Å². The predicted octanol–water partition coefficient (Wildman–Crippen LogP) is 1.10. The van der Waals surface area contributed by atoms with Crippen molar-refractivity contribution in [1.82, 2.24) is 9.38 Å². The Kier molecular flexibility index (Phi) is 1.46. The van der Waals surface area contributed by atoms with Crippen molar-refractivity contribution in [2.45, 2.75) is 6.92 Å². The van der Waals surface area contributed by atoms with Gasteiger partial charge in [-0.3, -0.25) is 0 Å². The van der Waals surface area contributed by atoms with Gasteiger partial charge in [-0.15, -0.1) is 0 Å². The van der Waals surface area contributed by atoms with Crippen molar-refractivity contribution in [3.05, 3.63) is 29.6 Å². The Morgan fingerprint density at radius 3 is 3.00 bits per heavy atom. The Hall–Kier alpha value is -2.02. The number of aromatic nitrogens is 2. The molecular formula is C9H8N4. The minimum atomic E-state index is 0.467. The molecule has 0 radical (unpaired) electrons. The first-order valence-electron chi connectivity index (χ1n) is 3.85. The van der Waals surface area contributed by atoms with E-state index in [1.807, 2.05) is 13.0 Å². The zero-order chi connectivity index (χ0) is 9.42. The minimum Gasteiger partial charge on any atom is -0.382 e. The fraction of sp³-hybridized carbons (Fsp3) is 0.111. The number of pyridine rings is 1.